The van der Waals surface area contributed by atoms with E-state index in [4.69, 9.17) is 4.43 Å². The van der Waals surface area contributed by atoms with E-state index in [9.17, 15) is 0 Å². The van der Waals surface area contributed by atoms with Crippen LogP contribution in [-0.2, 0) is 4.43 Å². The van der Waals surface area contributed by atoms with Gasteiger partial charge in [-0.05, 0) is 28.6 Å². The van der Waals surface area contributed by atoms with Crippen LogP contribution in [0.3, 0.4) is 0 Å². The number of hydrogen-bond donors (Lipinski definition) is 0. The lowest BCUT2D eigenvalue weighted by molar-refractivity contribution is 0.294. The first-order chi connectivity index (χ1) is 5.81. The van der Waals surface area contributed by atoms with E-state index in [0.29, 0.717) is 5.04 Å². The molecule has 0 amide bonds. The standard InChI is InChI=1S/C10H21IOSi/c1-10(2,3)13(4,5)12-9-7-6-8-11/h6,8H,7,9H2,1-5H3. The van der Waals surface area contributed by atoms with Crippen LogP contribution in [-0.4, -0.2) is 14.9 Å². The molecule has 0 aliphatic heterocycles. The van der Waals surface area contributed by atoms with E-state index in [1.807, 2.05) is 4.08 Å². The van der Waals surface area contributed by atoms with E-state index in [2.05, 4.69) is 62.5 Å². The minimum Gasteiger partial charge on any atom is -0.417 e. The molecule has 0 fully saturated rings. The molecule has 0 saturated heterocycles. The van der Waals surface area contributed by atoms with Gasteiger partial charge < -0.3 is 4.43 Å². The van der Waals surface area contributed by atoms with Crippen molar-refractivity contribution in [2.24, 2.45) is 0 Å². The lowest BCUT2D eigenvalue weighted by Gasteiger charge is -2.36. The lowest BCUT2D eigenvalue weighted by Crippen LogP contribution is -2.40. The monoisotopic (exact) mass is 312 g/mol. The van der Waals surface area contributed by atoms with E-state index in [1.54, 1.807) is 0 Å². The summed E-state index contributed by atoms with van der Waals surface area (Å²) in [7, 11) is -1.49. The molecule has 0 aromatic carbocycles. The highest BCUT2D eigenvalue weighted by atomic mass is 127. The molecule has 0 N–H and O–H groups in total. The van der Waals surface area contributed by atoms with E-state index >= 15 is 0 Å². The molecule has 0 aromatic heterocycles. The molecule has 3 heteroatoms. The molecule has 0 aliphatic carbocycles. The zero-order valence-electron chi connectivity index (χ0n) is 9.36. The normalized spacial score (nSPS) is 14.0. The summed E-state index contributed by atoms with van der Waals surface area (Å²) in [6.45, 7) is 12.3. The van der Waals surface area contributed by atoms with Gasteiger partial charge in [0, 0.05) is 6.61 Å². The first-order valence-corrected chi connectivity index (χ1v) is 8.86. The first-order valence-electron chi connectivity index (χ1n) is 4.70. The molecule has 13 heavy (non-hydrogen) atoms. The molecule has 0 rings (SSSR count). The van der Waals surface area contributed by atoms with Gasteiger partial charge in [-0.2, -0.15) is 0 Å². The van der Waals surface area contributed by atoms with Gasteiger partial charge in [-0.3, -0.25) is 0 Å². The SMILES string of the molecule is CC(C)(C)[Si](C)(C)OCCC=CI. The molecule has 1 nitrogen and oxygen atoms in total. The van der Waals surface area contributed by atoms with E-state index in [-0.39, 0.29) is 0 Å². The summed E-state index contributed by atoms with van der Waals surface area (Å²) in [5.74, 6) is 0. The maximum absolute atomic E-state index is 5.98. The molecule has 78 valence electrons. The van der Waals surface area contributed by atoms with Crippen molar-refractivity contribution in [3.63, 3.8) is 0 Å². The van der Waals surface area contributed by atoms with Crippen LogP contribution < -0.4 is 0 Å². The fourth-order valence-electron chi connectivity index (χ4n) is 0.662. The Labute approximate surface area is 97.2 Å². The van der Waals surface area contributed by atoms with Gasteiger partial charge in [0.15, 0.2) is 8.32 Å². The van der Waals surface area contributed by atoms with Crippen LogP contribution >= 0.6 is 22.6 Å². The predicted octanol–water partition coefficient (Wildman–Crippen LogP) is 4.35. The van der Waals surface area contributed by atoms with Gasteiger partial charge in [0.2, 0.25) is 0 Å². The Hall–Kier alpha value is 0.647. The fourth-order valence-corrected chi connectivity index (χ4v) is 2.08. The Morgan fingerprint density at radius 1 is 1.31 bits per heavy atom. The summed E-state index contributed by atoms with van der Waals surface area (Å²) < 4.78 is 8.03. The molecule has 0 aliphatic rings. The quantitative estimate of drug-likeness (QED) is 0.426. The van der Waals surface area contributed by atoms with Crippen molar-refractivity contribution in [2.75, 3.05) is 6.61 Å². The highest BCUT2D eigenvalue weighted by molar-refractivity contribution is 14.1. The van der Waals surface area contributed by atoms with Crippen molar-refractivity contribution in [1.82, 2.24) is 0 Å². The number of halogens is 1. The zero-order valence-corrected chi connectivity index (χ0v) is 12.5. The van der Waals surface area contributed by atoms with Crippen molar-refractivity contribution in [2.45, 2.75) is 45.3 Å². The minimum atomic E-state index is -1.49. The van der Waals surface area contributed by atoms with Crippen LogP contribution in [0.25, 0.3) is 0 Å². The highest BCUT2D eigenvalue weighted by Crippen LogP contribution is 2.36. The zero-order chi connectivity index (χ0) is 10.5. The van der Waals surface area contributed by atoms with Gasteiger partial charge >= 0.3 is 0 Å². The van der Waals surface area contributed by atoms with Gasteiger partial charge in [-0.1, -0.05) is 49.4 Å². The van der Waals surface area contributed by atoms with E-state index in [1.165, 1.54) is 0 Å². The second-order valence-electron chi connectivity index (χ2n) is 4.76. The first kappa shape index (κ1) is 13.6. The Balaban J connectivity index is 3.90. The minimum absolute atomic E-state index is 0.334. The molecule has 0 unspecified atom stereocenters. The summed E-state index contributed by atoms with van der Waals surface area (Å²) in [6.07, 6.45) is 3.18. The Bertz CT molecular complexity index is 170. The van der Waals surface area contributed by atoms with Crippen LogP contribution in [0.4, 0.5) is 0 Å². The fraction of sp³-hybridized carbons (Fsp3) is 0.800. The van der Waals surface area contributed by atoms with E-state index in [0.717, 1.165) is 13.0 Å². The van der Waals surface area contributed by atoms with Crippen molar-refractivity contribution in [3.8, 4) is 0 Å². The molecular formula is C10H21IOSi. The Kier molecular flexibility index (Phi) is 5.78. The summed E-state index contributed by atoms with van der Waals surface area (Å²) in [6, 6.07) is 0. The molecule has 0 spiro atoms. The molecule has 0 bridgehead atoms. The smallest absolute Gasteiger partial charge is 0.191 e. The topological polar surface area (TPSA) is 9.23 Å². The molecular weight excluding hydrogens is 291 g/mol. The summed E-state index contributed by atoms with van der Waals surface area (Å²) >= 11 is 2.24. The van der Waals surface area contributed by atoms with Crippen molar-refractivity contribution in [1.29, 1.82) is 0 Å². The van der Waals surface area contributed by atoms with Gasteiger partial charge in [-0.25, -0.2) is 0 Å². The Morgan fingerprint density at radius 3 is 2.23 bits per heavy atom. The Morgan fingerprint density at radius 2 is 1.85 bits per heavy atom. The molecule has 0 radical (unpaired) electrons. The van der Waals surface area contributed by atoms with Crippen LogP contribution in [0.2, 0.25) is 18.1 Å². The lowest BCUT2D eigenvalue weighted by atomic mass is 10.2. The average Bonchev–Trinajstić information content (AvgIpc) is 1.96. The number of hydrogen-bond acceptors (Lipinski definition) is 1. The van der Waals surface area contributed by atoms with Gasteiger partial charge in [0.05, 0.1) is 0 Å². The van der Waals surface area contributed by atoms with Crippen LogP contribution in [0.15, 0.2) is 10.2 Å². The highest BCUT2D eigenvalue weighted by Gasteiger charge is 2.36. The van der Waals surface area contributed by atoms with Crippen LogP contribution in [0, 0.1) is 0 Å². The summed E-state index contributed by atoms with van der Waals surface area (Å²) in [5.41, 5.74) is 0. The second-order valence-corrected chi connectivity index (χ2v) is 10.3. The van der Waals surface area contributed by atoms with Gasteiger partial charge in [0.25, 0.3) is 0 Å². The molecule has 0 heterocycles. The largest absolute Gasteiger partial charge is 0.417 e. The summed E-state index contributed by atoms with van der Waals surface area (Å²) in [5, 5.41) is 0.334. The van der Waals surface area contributed by atoms with Gasteiger partial charge in [-0.15, -0.1) is 0 Å². The second kappa shape index (κ2) is 5.51. The number of rotatable bonds is 4. The van der Waals surface area contributed by atoms with Gasteiger partial charge in [0.1, 0.15) is 0 Å². The van der Waals surface area contributed by atoms with Crippen molar-refractivity contribution in [3.05, 3.63) is 10.2 Å². The van der Waals surface area contributed by atoms with Crippen molar-refractivity contribution < 1.29 is 4.43 Å². The van der Waals surface area contributed by atoms with E-state index < -0.39 is 8.32 Å². The average molecular weight is 312 g/mol. The van der Waals surface area contributed by atoms with Crippen LogP contribution in [0.1, 0.15) is 27.2 Å². The predicted molar refractivity (Wildman–Crippen MR) is 70.9 cm³/mol. The van der Waals surface area contributed by atoms with Crippen LogP contribution in [0.5, 0.6) is 0 Å². The summed E-state index contributed by atoms with van der Waals surface area (Å²) in [4.78, 5) is 0. The van der Waals surface area contributed by atoms with Crippen molar-refractivity contribution >= 4 is 30.9 Å². The molecule has 0 atom stereocenters. The third-order valence-corrected chi connectivity index (χ3v) is 7.69. The third-order valence-electron chi connectivity index (χ3n) is 2.64. The molecule has 0 aromatic rings. The molecule has 0 saturated carbocycles. The maximum Gasteiger partial charge on any atom is 0.191 e. The maximum atomic E-state index is 5.98. The third kappa shape index (κ3) is 5.17.